The van der Waals surface area contributed by atoms with Crippen LogP contribution in [0.2, 0.25) is 0 Å². The van der Waals surface area contributed by atoms with Crippen molar-refractivity contribution in [2.24, 2.45) is 0 Å². The maximum atomic E-state index is 13.4. The number of unbranched alkanes of at least 4 members (excludes halogenated alkanes) is 3. The summed E-state index contributed by atoms with van der Waals surface area (Å²) >= 11 is 1.64. The molecule has 1 aliphatic rings. The summed E-state index contributed by atoms with van der Waals surface area (Å²) in [5, 5.41) is 2.16. The van der Waals surface area contributed by atoms with Gasteiger partial charge in [0.25, 0.3) is 0 Å². The average molecular weight is 360 g/mol. The summed E-state index contributed by atoms with van der Waals surface area (Å²) in [5.41, 5.74) is 3.64. The Morgan fingerprint density at radius 1 is 1.32 bits per heavy atom. The molecule has 0 saturated heterocycles. The second-order valence-corrected chi connectivity index (χ2v) is 7.22. The molecule has 25 heavy (non-hydrogen) atoms. The standard InChI is InChI=1S/C19H23BF2N2S/c1-2-3-4-5-8-15-13-18(25-14-15)19(16-9-6-11-23-16)17-10-7-12-24(17)20(21)22/h6-7,9-11,13-14,23H,2-5,8,12H2,1H3/b19-17+. The lowest BCUT2D eigenvalue weighted by Gasteiger charge is -2.19. The van der Waals surface area contributed by atoms with Crippen molar-refractivity contribution in [3.63, 3.8) is 0 Å². The summed E-state index contributed by atoms with van der Waals surface area (Å²) in [5.74, 6) is 0. The molecule has 0 saturated carbocycles. The van der Waals surface area contributed by atoms with Crippen molar-refractivity contribution in [2.45, 2.75) is 39.0 Å². The van der Waals surface area contributed by atoms with Gasteiger partial charge in [0.1, 0.15) is 0 Å². The fourth-order valence-electron chi connectivity index (χ4n) is 3.16. The van der Waals surface area contributed by atoms with Gasteiger partial charge in [0.05, 0.1) is 0 Å². The van der Waals surface area contributed by atoms with Crippen molar-refractivity contribution in [1.82, 2.24) is 9.79 Å². The number of hydrogen-bond acceptors (Lipinski definition) is 2. The van der Waals surface area contributed by atoms with E-state index >= 15 is 0 Å². The number of rotatable bonds is 8. The Hall–Kier alpha value is -1.82. The fraction of sp³-hybridized carbons (Fsp3) is 0.368. The zero-order valence-corrected chi connectivity index (χ0v) is 15.3. The summed E-state index contributed by atoms with van der Waals surface area (Å²) in [6, 6.07) is 6.01. The molecule has 0 aromatic carbocycles. The molecule has 2 aromatic heterocycles. The predicted molar refractivity (Wildman–Crippen MR) is 103 cm³/mol. The third-order valence-electron chi connectivity index (χ3n) is 4.47. The summed E-state index contributed by atoms with van der Waals surface area (Å²) in [4.78, 5) is 5.38. The first-order valence-electron chi connectivity index (χ1n) is 8.88. The van der Waals surface area contributed by atoms with E-state index in [1.807, 2.05) is 24.4 Å². The minimum Gasteiger partial charge on any atom is -0.361 e. The van der Waals surface area contributed by atoms with Gasteiger partial charge >= 0.3 is 7.40 Å². The van der Waals surface area contributed by atoms with Crippen LogP contribution in [-0.2, 0) is 6.42 Å². The Balaban J connectivity index is 1.89. The third-order valence-corrected chi connectivity index (χ3v) is 5.46. The lowest BCUT2D eigenvalue weighted by atomic mass is 10.0. The van der Waals surface area contributed by atoms with E-state index in [-0.39, 0.29) is 6.54 Å². The van der Waals surface area contributed by atoms with Crippen LogP contribution in [0.15, 0.2) is 47.6 Å². The van der Waals surface area contributed by atoms with Gasteiger partial charge in [-0.3, -0.25) is 8.63 Å². The Morgan fingerprint density at radius 3 is 2.92 bits per heavy atom. The predicted octanol–water partition coefficient (Wildman–Crippen LogP) is 5.75. The molecule has 0 unspecified atom stereocenters. The maximum absolute atomic E-state index is 13.4. The van der Waals surface area contributed by atoms with Crippen molar-refractivity contribution in [3.8, 4) is 0 Å². The van der Waals surface area contributed by atoms with Gasteiger partial charge in [0.2, 0.25) is 0 Å². The molecule has 1 N–H and O–H groups in total. The molecule has 0 bridgehead atoms. The third kappa shape index (κ3) is 4.24. The zero-order chi connectivity index (χ0) is 17.6. The quantitative estimate of drug-likeness (QED) is 0.469. The van der Waals surface area contributed by atoms with Crippen LogP contribution in [0, 0.1) is 0 Å². The molecule has 3 rings (SSSR count). The highest BCUT2D eigenvalue weighted by atomic mass is 32.1. The van der Waals surface area contributed by atoms with E-state index in [1.54, 1.807) is 17.4 Å². The smallest absolute Gasteiger partial charge is 0.361 e. The first-order valence-corrected chi connectivity index (χ1v) is 9.75. The van der Waals surface area contributed by atoms with Crippen LogP contribution in [0.3, 0.4) is 0 Å². The van der Waals surface area contributed by atoms with E-state index in [0.717, 1.165) is 27.4 Å². The molecule has 6 heteroatoms. The number of aromatic nitrogens is 1. The number of allylic oxidation sites excluding steroid dienone is 1. The first-order chi connectivity index (χ1) is 12.2. The lowest BCUT2D eigenvalue weighted by molar-refractivity contribution is 0.480. The molecule has 3 heterocycles. The number of nitrogens with zero attached hydrogens (tertiary/aromatic N) is 1. The van der Waals surface area contributed by atoms with Gasteiger partial charge in [0.15, 0.2) is 0 Å². The van der Waals surface area contributed by atoms with Crippen molar-refractivity contribution >= 4 is 24.3 Å². The fourth-order valence-corrected chi connectivity index (χ4v) is 4.18. The maximum Gasteiger partial charge on any atom is 0.673 e. The summed E-state index contributed by atoms with van der Waals surface area (Å²) in [6.45, 7) is 2.47. The van der Waals surface area contributed by atoms with Crippen molar-refractivity contribution < 1.29 is 8.63 Å². The van der Waals surface area contributed by atoms with Gasteiger partial charge in [-0.1, -0.05) is 32.3 Å². The van der Waals surface area contributed by atoms with Gasteiger partial charge in [0, 0.05) is 34.6 Å². The Labute approximate surface area is 152 Å². The molecule has 2 aromatic rings. The zero-order valence-electron chi connectivity index (χ0n) is 14.5. The molecular formula is C19H23BF2N2S. The van der Waals surface area contributed by atoms with Crippen LogP contribution in [0.4, 0.5) is 8.63 Å². The molecule has 0 fully saturated rings. The Bertz CT molecular complexity index is 734. The van der Waals surface area contributed by atoms with Gasteiger partial charge in [-0.25, -0.2) is 0 Å². The largest absolute Gasteiger partial charge is 0.673 e. The Morgan fingerprint density at radius 2 is 2.20 bits per heavy atom. The number of nitrogens with one attached hydrogen (secondary N) is 1. The SMILES string of the molecule is CCCCCCc1csc(/C(=C2\C=CCN2B(F)F)c2ccc[nH]2)c1. The number of H-pyrrole nitrogens is 1. The minimum atomic E-state index is -2.50. The molecule has 0 radical (unpaired) electrons. The molecule has 1 aliphatic heterocycles. The van der Waals surface area contributed by atoms with Gasteiger partial charge in [-0.15, -0.1) is 11.3 Å². The van der Waals surface area contributed by atoms with Crippen LogP contribution in [0.25, 0.3) is 5.57 Å². The van der Waals surface area contributed by atoms with E-state index in [1.165, 1.54) is 31.2 Å². The highest BCUT2D eigenvalue weighted by molar-refractivity contribution is 7.11. The van der Waals surface area contributed by atoms with E-state index < -0.39 is 7.40 Å². The van der Waals surface area contributed by atoms with Gasteiger partial charge in [-0.2, -0.15) is 0 Å². The number of thiophene rings is 1. The second kappa shape index (κ2) is 8.52. The first kappa shape index (κ1) is 18.0. The van der Waals surface area contributed by atoms with Crippen LogP contribution >= 0.6 is 11.3 Å². The summed E-state index contributed by atoms with van der Waals surface area (Å²) < 4.78 is 26.8. The molecule has 2 nitrogen and oxygen atoms in total. The van der Waals surface area contributed by atoms with Crippen LogP contribution in [-0.4, -0.2) is 23.7 Å². The number of hydrogen-bond donors (Lipinski definition) is 1. The molecule has 0 amide bonds. The normalized spacial score (nSPS) is 15.9. The molecule has 0 spiro atoms. The average Bonchev–Trinajstić information content (AvgIpc) is 3.34. The van der Waals surface area contributed by atoms with E-state index in [2.05, 4.69) is 23.4 Å². The van der Waals surface area contributed by atoms with E-state index in [0.29, 0.717) is 5.70 Å². The van der Waals surface area contributed by atoms with E-state index in [9.17, 15) is 8.63 Å². The molecule has 0 atom stereocenters. The minimum absolute atomic E-state index is 0.256. The van der Waals surface area contributed by atoms with Gasteiger partial charge < -0.3 is 9.79 Å². The van der Waals surface area contributed by atoms with Crippen molar-refractivity contribution in [2.75, 3.05) is 6.54 Å². The van der Waals surface area contributed by atoms with Crippen molar-refractivity contribution in [3.05, 3.63) is 63.8 Å². The van der Waals surface area contributed by atoms with Crippen LogP contribution in [0.5, 0.6) is 0 Å². The lowest BCUT2D eigenvalue weighted by Crippen LogP contribution is -2.29. The number of aromatic amines is 1. The van der Waals surface area contributed by atoms with Crippen molar-refractivity contribution in [1.29, 1.82) is 0 Å². The Kier molecular flexibility index (Phi) is 6.13. The number of halogens is 2. The van der Waals surface area contributed by atoms with Crippen LogP contribution < -0.4 is 0 Å². The molecule has 132 valence electrons. The van der Waals surface area contributed by atoms with Gasteiger partial charge in [-0.05, 0) is 48.1 Å². The van der Waals surface area contributed by atoms with Crippen LogP contribution in [0.1, 0.15) is 48.7 Å². The monoisotopic (exact) mass is 360 g/mol. The summed E-state index contributed by atoms with van der Waals surface area (Å²) in [6.07, 6.45) is 11.4. The topological polar surface area (TPSA) is 19.0 Å². The van der Waals surface area contributed by atoms with E-state index in [4.69, 9.17) is 0 Å². The highest BCUT2D eigenvalue weighted by Gasteiger charge is 2.31. The second-order valence-electron chi connectivity index (χ2n) is 6.31. The highest BCUT2D eigenvalue weighted by Crippen LogP contribution is 2.35. The summed E-state index contributed by atoms with van der Waals surface area (Å²) in [7, 11) is -2.50. The molecular weight excluding hydrogens is 337 g/mol. The molecule has 0 aliphatic carbocycles. The number of aryl methyl sites for hydroxylation is 1.